The summed E-state index contributed by atoms with van der Waals surface area (Å²) in [4.78, 5) is 0. The number of benzene rings is 1. The Hall–Kier alpha value is -1.47. The predicted octanol–water partition coefficient (Wildman–Crippen LogP) is 4.86. The van der Waals surface area contributed by atoms with E-state index >= 15 is 0 Å². The molecular formula is C15H13ClO. The number of halogens is 1. The van der Waals surface area contributed by atoms with E-state index in [1.165, 1.54) is 5.56 Å². The summed E-state index contributed by atoms with van der Waals surface area (Å²) in [6.07, 6.45) is 11.3. The fourth-order valence-corrected chi connectivity index (χ4v) is 2.62. The summed E-state index contributed by atoms with van der Waals surface area (Å²) < 4.78 is 5.61. The minimum Gasteiger partial charge on any atom is -0.464 e. The van der Waals surface area contributed by atoms with E-state index in [-0.39, 0.29) is 5.41 Å². The average Bonchev–Trinajstić information content (AvgIpc) is 2.80. The Morgan fingerprint density at radius 2 is 2.12 bits per heavy atom. The van der Waals surface area contributed by atoms with Crippen LogP contribution in [0.25, 0.3) is 11.0 Å². The number of rotatable bonds is 1. The molecule has 1 aromatic carbocycles. The number of hydrogen-bond acceptors (Lipinski definition) is 1. The fraction of sp³-hybridized carbons (Fsp3) is 0.200. The normalized spacial score (nSPS) is 23.4. The van der Waals surface area contributed by atoms with E-state index in [9.17, 15) is 0 Å². The van der Waals surface area contributed by atoms with Crippen molar-refractivity contribution in [3.63, 3.8) is 0 Å². The van der Waals surface area contributed by atoms with Crippen LogP contribution in [0.4, 0.5) is 0 Å². The smallest absolute Gasteiger partial charge is 0.139 e. The van der Waals surface area contributed by atoms with E-state index in [1.807, 2.05) is 12.1 Å². The molecule has 0 spiro atoms. The lowest BCUT2D eigenvalue weighted by Crippen LogP contribution is -2.19. The lowest BCUT2D eigenvalue weighted by Gasteiger charge is -2.27. The topological polar surface area (TPSA) is 13.1 Å². The molecule has 86 valence electrons. The fourth-order valence-electron chi connectivity index (χ4n) is 2.40. The Kier molecular flexibility index (Phi) is 2.37. The molecule has 1 atom stereocenters. The third-order valence-corrected chi connectivity index (χ3v) is 3.76. The molecule has 1 heterocycles. The number of hydrogen-bond donors (Lipinski definition) is 0. The quantitative estimate of drug-likeness (QED) is 0.698. The van der Waals surface area contributed by atoms with Crippen molar-refractivity contribution in [2.24, 2.45) is 0 Å². The van der Waals surface area contributed by atoms with Gasteiger partial charge in [0.15, 0.2) is 0 Å². The Morgan fingerprint density at radius 3 is 2.88 bits per heavy atom. The molecule has 0 fully saturated rings. The van der Waals surface area contributed by atoms with Gasteiger partial charge in [-0.3, -0.25) is 0 Å². The van der Waals surface area contributed by atoms with Gasteiger partial charge in [0.1, 0.15) is 5.58 Å². The minimum absolute atomic E-state index is 0.00452. The lowest BCUT2D eigenvalue weighted by atomic mass is 9.77. The van der Waals surface area contributed by atoms with Crippen molar-refractivity contribution in [1.82, 2.24) is 0 Å². The summed E-state index contributed by atoms with van der Waals surface area (Å²) >= 11 is 6.16. The first-order chi connectivity index (χ1) is 8.21. The van der Waals surface area contributed by atoms with Crippen molar-refractivity contribution in [2.45, 2.75) is 18.8 Å². The summed E-state index contributed by atoms with van der Waals surface area (Å²) in [5, 5.41) is 1.74. The molecule has 17 heavy (non-hydrogen) atoms. The van der Waals surface area contributed by atoms with Crippen LogP contribution in [-0.2, 0) is 5.41 Å². The Balaban J connectivity index is 2.24. The van der Waals surface area contributed by atoms with Crippen molar-refractivity contribution in [1.29, 1.82) is 0 Å². The summed E-state index contributed by atoms with van der Waals surface area (Å²) in [7, 11) is 0. The molecule has 0 aliphatic heterocycles. The van der Waals surface area contributed by atoms with Crippen LogP contribution in [0.3, 0.4) is 0 Å². The summed E-state index contributed by atoms with van der Waals surface area (Å²) in [5.41, 5.74) is 2.09. The van der Waals surface area contributed by atoms with Crippen molar-refractivity contribution in [3.8, 4) is 0 Å². The molecule has 1 unspecified atom stereocenters. The van der Waals surface area contributed by atoms with Crippen LogP contribution in [-0.4, -0.2) is 0 Å². The van der Waals surface area contributed by atoms with Crippen LogP contribution in [0.15, 0.2) is 53.2 Å². The van der Waals surface area contributed by atoms with E-state index in [2.05, 4.69) is 37.3 Å². The van der Waals surface area contributed by atoms with Gasteiger partial charge in [0.2, 0.25) is 0 Å². The maximum Gasteiger partial charge on any atom is 0.139 e. The molecular weight excluding hydrogens is 232 g/mol. The first-order valence-electron chi connectivity index (χ1n) is 5.71. The van der Waals surface area contributed by atoms with E-state index in [4.69, 9.17) is 16.0 Å². The molecule has 3 rings (SSSR count). The molecule has 2 aromatic rings. The SMILES string of the molecule is CC1(c2ccc(Cl)c3ccoc23)C=CC=CC1. The molecule has 0 saturated carbocycles. The highest BCUT2D eigenvalue weighted by Crippen LogP contribution is 2.38. The molecule has 0 saturated heterocycles. The van der Waals surface area contributed by atoms with Crippen LogP contribution >= 0.6 is 11.6 Å². The number of fused-ring (bicyclic) bond motifs is 1. The highest BCUT2D eigenvalue weighted by atomic mass is 35.5. The van der Waals surface area contributed by atoms with E-state index < -0.39 is 0 Å². The molecule has 2 heteroatoms. The average molecular weight is 245 g/mol. The molecule has 1 aliphatic carbocycles. The largest absolute Gasteiger partial charge is 0.464 e. The van der Waals surface area contributed by atoms with Crippen molar-refractivity contribution >= 4 is 22.6 Å². The Bertz CT molecular complexity index is 621. The maximum absolute atomic E-state index is 6.16. The third-order valence-electron chi connectivity index (χ3n) is 3.43. The van der Waals surface area contributed by atoms with Crippen LogP contribution in [0.1, 0.15) is 18.9 Å². The standard InChI is InChI=1S/C15H13ClO/c1-15(8-3-2-4-9-15)12-5-6-13(16)11-7-10-17-14(11)12/h2-8,10H,9H2,1H3. The minimum atomic E-state index is -0.00452. The second-order valence-corrected chi connectivity index (χ2v) is 5.07. The first-order valence-corrected chi connectivity index (χ1v) is 6.09. The zero-order valence-electron chi connectivity index (χ0n) is 9.61. The monoisotopic (exact) mass is 244 g/mol. The summed E-state index contributed by atoms with van der Waals surface area (Å²) in [5.74, 6) is 0. The molecule has 0 amide bonds. The molecule has 0 radical (unpaired) electrons. The van der Waals surface area contributed by atoms with Crippen molar-refractivity contribution in [3.05, 3.63) is 59.4 Å². The molecule has 1 aromatic heterocycles. The number of furan rings is 1. The maximum atomic E-state index is 6.16. The molecule has 1 nitrogen and oxygen atoms in total. The van der Waals surface area contributed by atoms with Gasteiger partial charge in [-0.05, 0) is 18.6 Å². The summed E-state index contributed by atoms with van der Waals surface area (Å²) in [6.45, 7) is 2.22. The van der Waals surface area contributed by atoms with Crippen LogP contribution in [0.5, 0.6) is 0 Å². The van der Waals surface area contributed by atoms with E-state index in [0.717, 1.165) is 22.4 Å². The van der Waals surface area contributed by atoms with Crippen molar-refractivity contribution in [2.75, 3.05) is 0 Å². The zero-order chi connectivity index (χ0) is 11.9. The van der Waals surface area contributed by atoms with E-state index in [1.54, 1.807) is 6.26 Å². The van der Waals surface area contributed by atoms with E-state index in [0.29, 0.717) is 0 Å². The van der Waals surface area contributed by atoms with Crippen LogP contribution < -0.4 is 0 Å². The Labute approximate surface area is 105 Å². The highest BCUT2D eigenvalue weighted by molar-refractivity contribution is 6.35. The van der Waals surface area contributed by atoms with Gasteiger partial charge in [-0.1, -0.05) is 48.9 Å². The van der Waals surface area contributed by atoms with Crippen molar-refractivity contribution < 1.29 is 4.42 Å². The van der Waals surface area contributed by atoms with Gasteiger partial charge in [0, 0.05) is 16.4 Å². The summed E-state index contributed by atoms with van der Waals surface area (Å²) in [6, 6.07) is 5.94. The van der Waals surface area contributed by atoms with Gasteiger partial charge >= 0.3 is 0 Å². The van der Waals surface area contributed by atoms with Gasteiger partial charge in [-0.15, -0.1) is 0 Å². The van der Waals surface area contributed by atoms with Gasteiger partial charge < -0.3 is 4.42 Å². The Morgan fingerprint density at radius 1 is 1.24 bits per heavy atom. The highest BCUT2D eigenvalue weighted by Gasteiger charge is 2.27. The van der Waals surface area contributed by atoms with Gasteiger partial charge in [0.05, 0.1) is 11.3 Å². The molecule has 0 bridgehead atoms. The van der Waals surface area contributed by atoms with Gasteiger partial charge in [0.25, 0.3) is 0 Å². The molecule has 0 N–H and O–H groups in total. The molecule has 1 aliphatic rings. The third kappa shape index (κ3) is 1.62. The predicted molar refractivity (Wildman–Crippen MR) is 71.5 cm³/mol. The van der Waals surface area contributed by atoms with Crippen LogP contribution in [0.2, 0.25) is 5.02 Å². The lowest BCUT2D eigenvalue weighted by molar-refractivity contribution is 0.565. The number of allylic oxidation sites excluding steroid dienone is 4. The second-order valence-electron chi connectivity index (χ2n) is 4.67. The van der Waals surface area contributed by atoms with Crippen LogP contribution in [0, 0.1) is 0 Å². The zero-order valence-corrected chi connectivity index (χ0v) is 10.4. The van der Waals surface area contributed by atoms with Gasteiger partial charge in [-0.2, -0.15) is 0 Å². The first kappa shape index (κ1) is 10.7. The second kappa shape index (κ2) is 3.78. The van der Waals surface area contributed by atoms with Gasteiger partial charge in [-0.25, -0.2) is 0 Å².